The van der Waals surface area contributed by atoms with Gasteiger partial charge in [-0.3, -0.25) is 9.79 Å². The van der Waals surface area contributed by atoms with Crippen molar-refractivity contribution >= 4 is 23.4 Å². The van der Waals surface area contributed by atoms with Crippen molar-refractivity contribution in [1.82, 2.24) is 5.32 Å². The maximum absolute atomic E-state index is 11.4. The molecule has 1 N–H and O–H groups in total. The molecule has 0 fully saturated rings. The molecule has 0 spiro atoms. The van der Waals surface area contributed by atoms with Gasteiger partial charge in [-0.2, -0.15) is 0 Å². The Balaban J connectivity index is 1.94. The maximum Gasteiger partial charge on any atom is 0.305 e. The van der Waals surface area contributed by atoms with E-state index < -0.39 is 0 Å². The second-order valence-electron chi connectivity index (χ2n) is 5.22. The molecule has 0 radical (unpaired) electrons. The minimum absolute atomic E-state index is 0.143. The molecule has 2 rings (SSSR count). The standard InChI is InChI=1S/C15H21ClN2O2/c1-3-20-14(19)7-4-10(2)15-17-12-6-5-11(16)8-13(9-12)18-15/h5-6,8,10,12-13H,3-4,7,9H2,1-2H3,(H,17,18). The van der Waals surface area contributed by atoms with E-state index in [2.05, 4.69) is 12.2 Å². The molecule has 1 heterocycles. The fourth-order valence-corrected chi connectivity index (χ4v) is 2.66. The van der Waals surface area contributed by atoms with Crippen molar-refractivity contribution in [2.24, 2.45) is 10.9 Å². The second-order valence-corrected chi connectivity index (χ2v) is 5.66. The number of fused-ring (bicyclic) bond motifs is 2. The number of carbonyl (C=O) groups is 1. The lowest BCUT2D eigenvalue weighted by Crippen LogP contribution is -2.43. The Bertz CT molecular complexity index is 457. The van der Waals surface area contributed by atoms with Crippen LogP contribution in [0.3, 0.4) is 0 Å². The van der Waals surface area contributed by atoms with E-state index >= 15 is 0 Å². The quantitative estimate of drug-likeness (QED) is 0.794. The molecule has 1 aliphatic heterocycles. The molecule has 2 aliphatic rings. The highest BCUT2D eigenvalue weighted by Gasteiger charge is 2.25. The van der Waals surface area contributed by atoms with Gasteiger partial charge in [0.1, 0.15) is 5.84 Å². The minimum Gasteiger partial charge on any atom is -0.466 e. The number of hydrogen-bond acceptors (Lipinski definition) is 4. The minimum atomic E-state index is -0.143. The SMILES string of the molecule is CCOC(=O)CCC(C)C1=NC2C=CC(Cl)=CC(C2)N1. The Hall–Kier alpha value is -1.29. The van der Waals surface area contributed by atoms with Crippen molar-refractivity contribution < 1.29 is 9.53 Å². The molecule has 5 heteroatoms. The zero-order valence-corrected chi connectivity index (χ0v) is 12.7. The molecule has 0 saturated carbocycles. The van der Waals surface area contributed by atoms with Crippen molar-refractivity contribution in [1.29, 1.82) is 0 Å². The molecule has 0 aromatic rings. The third-order valence-electron chi connectivity index (χ3n) is 3.53. The van der Waals surface area contributed by atoms with Crippen LogP contribution in [-0.4, -0.2) is 30.5 Å². The number of hydrogen-bond donors (Lipinski definition) is 1. The molecule has 0 amide bonds. The number of aliphatic imine (C=N–C) groups is 1. The number of esters is 1. The Morgan fingerprint density at radius 1 is 1.65 bits per heavy atom. The summed E-state index contributed by atoms with van der Waals surface area (Å²) in [5, 5.41) is 4.16. The molecule has 4 nitrogen and oxygen atoms in total. The predicted molar refractivity (Wildman–Crippen MR) is 80.9 cm³/mol. The van der Waals surface area contributed by atoms with Gasteiger partial charge in [-0.25, -0.2) is 0 Å². The highest BCUT2D eigenvalue weighted by atomic mass is 35.5. The van der Waals surface area contributed by atoms with E-state index in [9.17, 15) is 4.79 Å². The normalized spacial score (nSPS) is 25.9. The van der Waals surface area contributed by atoms with Crippen LogP contribution in [0.5, 0.6) is 0 Å². The summed E-state index contributed by atoms with van der Waals surface area (Å²) in [5.41, 5.74) is 0. The second kappa shape index (κ2) is 6.93. The van der Waals surface area contributed by atoms with E-state index in [1.54, 1.807) is 0 Å². The number of allylic oxidation sites excluding steroid dienone is 2. The molecule has 3 atom stereocenters. The van der Waals surface area contributed by atoms with E-state index in [0.717, 1.165) is 23.7 Å². The lowest BCUT2D eigenvalue weighted by atomic mass is 9.99. The number of amidine groups is 1. The largest absolute Gasteiger partial charge is 0.466 e. The molecule has 20 heavy (non-hydrogen) atoms. The lowest BCUT2D eigenvalue weighted by Gasteiger charge is -2.28. The lowest BCUT2D eigenvalue weighted by molar-refractivity contribution is -0.143. The van der Waals surface area contributed by atoms with Crippen LogP contribution in [0, 0.1) is 5.92 Å². The summed E-state index contributed by atoms with van der Waals surface area (Å²) >= 11 is 6.07. The monoisotopic (exact) mass is 296 g/mol. The number of nitrogens with one attached hydrogen (secondary N) is 1. The van der Waals surface area contributed by atoms with E-state index in [-0.39, 0.29) is 24.0 Å². The number of halogens is 1. The van der Waals surface area contributed by atoms with Crippen LogP contribution in [0.2, 0.25) is 0 Å². The van der Waals surface area contributed by atoms with E-state index in [4.69, 9.17) is 21.3 Å². The van der Waals surface area contributed by atoms with Gasteiger partial charge in [-0.05, 0) is 31.9 Å². The first-order valence-electron chi connectivity index (χ1n) is 7.14. The first kappa shape index (κ1) is 15.1. The Morgan fingerprint density at radius 3 is 3.20 bits per heavy atom. The van der Waals surface area contributed by atoms with Crippen LogP contribution in [0.4, 0.5) is 0 Å². The first-order valence-corrected chi connectivity index (χ1v) is 7.51. The molecule has 2 bridgehead atoms. The van der Waals surface area contributed by atoms with Gasteiger partial charge in [0.15, 0.2) is 0 Å². The molecule has 1 aliphatic carbocycles. The number of rotatable bonds is 5. The van der Waals surface area contributed by atoms with Gasteiger partial charge in [0.2, 0.25) is 0 Å². The average Bonchev–Trinajstić information content (AvgIpc) is 2.54. The molecular weight excluding hydrogens is 276 g/mol. The topological polar surface area (TPSA) is 50.7 Å². The number of carbonyl (C=O) groups excluding carboxylic acids is 1. The van der Waals surface area contributed by atoms with E-state index in [1.807, 2.05) is 25.2 Å². The molecule has 3 unspecified atom stereocenters. The zero-order chi connectivity index (χ0) is 14.5. The summed E-state index contributed by atoms with van der Waals surface area (Å²) in [6.07, 6.45) is 8.07. The molecule has 0 aromatic carbocycles. The summed E-state index contributed by atoms with van der Waals surface area (Å²) in [7, 11) is 0. The van der Waals surface area contributed by atoms with Gasteiger partial charge in [0, 0.05) is 23.4 Å². The van der Waals surface area contributed by atoms with Crippen molar-refractivity contribution in [2.45, 2.75) is 45.2 Å². The highest BCUT2D eigenvalue weighted by Crippen LogP contribution is 2.22. The van der Waals surface area contributed by atoms with Crippen LogP contribution in [0.1, 0.15) is 33.1 Å². The van der Waals surface area contributed by atoms with Crippen molar-refractivity contribution in [3.63, 3.8) is 0 Å². The Morgan fingerprint density at radius 2 is 2.45 bits per heavy atom. The van der Waals surface area contributed by atoms with Gasteiger partial charge in [-0.1, -0.05) is 24.6 Å². The van der Waals surface area contributed by atoms with Crippen molar-refractivity contribution in [3.05, 3.63) is 23.3 Å². The summed E-state index contributed by atoms with van der Waals surface area (Å²) < 4.78 is 4.95. The smallest absolute Gasteiger partial charge is 0.305 e. The Labute approximate surface area is 124 Å². The highest BCUT2D eigenvalue weighted by molar-refractivity contribution is 6.31. The van der Waals surface area contributed by atoms with Crippen LogP contribution in [-0.2, 0) is 9.53 Å². The fourth-order valence-electron chi connectivity index (χ4n) is 2.43. The van der Waals surface area contributed by atoms with E-state index in [1.165, 1.54) is 0 Å². The summed E-state index contributed by atoms with van der Waals surface area (Å²) in [6.45, 7) is 4.34. The van der Waals surface area contributed by atoms with Crippen LogP contribution in [0.25, 0.3) is 0 Å². The van der Waals surface area contributed by atoms with Crippen LogP contribution < -0.4 is 5.32 Å². The van der Waals surface area contributed by atoms with E-state index in [0.29, 0.717) is 13.0 Å². The van der Waals surface area contributed by atoms with Gasteiger partial charge in [0.25, 0.3) is 0 Å². The van der Waals surface area contributed by atoms with Crippen LogP contribution >= 0.6 is 11.6 Å². The van der Waals surface area contributed by atoms with Crippen molar-refractivity contribution in [3.8, 4) is 0 Å². The summed E-state index contributed by atoms with van der Waals surface area (Å²) in [5.74, 6) is 1.03. The maximum atomic E-state index is 11.4. The Kier molecular flexibility index (Phi) is 5.24. The third-order valence-corrected chi connectivity index (χ3v) is 3.78. The first-order chi connectivity index (χ1) is 9.58. The molecule has 0 aromatic heterocycles. The van der Waals surface area contributed by atoms with Gasteiger partial charge >= 0.3 is 5.97 Å². The third kappa shape index (κ3) is 4.10. The van der Waals surface area contributed by atoms with Gasteiger partial charge < -0.3 is 10.1 Å². The number of nitrogens with zero attached hydrogens (tertiary/aromatic N) is 1. The molecular formula is C15H21ClN2O2. The summed E-state index contributed by atoms with van der Waals surface area (Å²) in [6, 6.07) is 0.397. The average molecular weight is 297 g/mol. The molecule has 110 valence electrons. The summed E-state index contributed by atoms with van der Waals surface area (Å²) in [4.78, 5) is 16.1. The fraction of sp³-hybridized carbons (Fsp3) is 0.600. The van der Waals surface area contributed by atoms with Crippen LogP contribution in [0.15, 0.2) is 28.3 Å². The predicted octanol–water partition coefficient (Wildman–Crippen LogP) is 2.79. The molecule has 0 saturated heterocycles. The van der Waals surface area contributed by atoms with Gasteiger partial charge in [-0.15, -0.1) is 0 Å². The van der Waals surface area contributed by atoms with Crippen molar-refractivity contribution in [2.75, 3.05) is 6.61 Å². The number of ether oxygens (including phenoxy) is 1. The van der Waals surface area contributed by atoms with Gasteiger partial charge in [0.05, 0.1) is 12.6 Å². The zero-order valence-electron chi connectivity index (χ0n) is 11.9.